The standard InChI is InChI=1S/C11H9ClO2/c12-10-3-1-2-9-8(10)5-4-7(6-13)11(9)14/h1-3,6-7H,4-5H2. The largest absolute Gasteiger partial charge is 0.303 e. The van der Waals surface area contributed by atoms with Gasteiger partial charge in [0.1, 0.15) is 6.29 Å². The van der Waals surface area contributed by atoms with E-state index in [4.69, 9.17) is 11.6 Å². The fraction of sp³-hybridized carbons (Fsp3) is 0.273. The zero-order chi connectivity index (χ0) is 10.1. The van der Waals surface area contributed by atoms with E-state index in [0.717, 1.165) is 11.8 Å². The van der Waals surface area contributed by atoms with Crippen LogP contribution in [0.2, 0.25) is 5.02 Å². The number of aldehydes is 1. The summed E-state index contributed by atoms with van der Waals surface area (Å²) in [5.41, 5.74) is 1.50. The van der Waals surface area contributed by atoms with E-state index in [0.29, 0.717) is 23.4 Å². The second-order valence-corrected chi connectivity index (χ2v) is 3.82. The van der Waals surface area contributed by atoms with E-state index < -0.39 is 5.92 Å². The lowest BCUT2D eigenvalue weighted by molar-refractivity contribution is -0.110. The van der Waals surface area contributed by atoms with Crippen LogP contribution in [0.5, 0.6) is 0 Å². The lowest BCUT2D eigenvalue weighted by atomic mass is 9.83. The maximum Gasteiger partial charge on any atom is 0.173 e. The Morgan fingerprint density at radius 1 is 1.43 bits per heavy atom. The van der Waals surface area contributed by atoms with Crippen LogP contribution in [0, 0.1) is 5.92 Å². The zero-order valence-electron chi connectivity index (χ0n) is 7.50. The van der Waals surface area contributed by atoms with Gasteiger partial charge in [0, 0.05) is 10.6 Å². The minimum atomic E-state index is -0.471. The zero-order valence-corrected chi connectivity index (χ0v) is 8.25. The first-order chi connectivity index (χ1) is 6.74. The highest BCUT2D eigenvalue weighted by Crippen LogP contribution is 2.29. The van der Waals surface area contributed by atoms with Gasteiger partial charge in [0.15, 0.2) is 5.78 Å². The number of Topliss-reactive ketones (excluding diaryl/α,β-unsaturated/α-hetero) is 1. The normalized spacial score (nSPS) is 20.4. The molecule has 0 aliphatic heterocycles. The molecule has 0 fully saturated rings. The molecule has 2 rings (SSSR count). The molecule has 1 aliphatic rings. The predicted molar refractivity (Wildman–Crippen MR) is 53.7 cm³/mol. The molecule has 0 N–H and O–H groups in total. The van der Waals surface area contributed by atoms with Gasteiger partial charge in [0.2, 0.25) is 0 Å². The highest BCUT2D eigenvalue weighted by atomic mass is 35.5. The van der Waals surface area contributed by atoms with Crippen molar-refractivity contribution in [3.63, 3.8) is 0 Å². The van der Waals surface area contributed by atoms with Crippen LogP contribution in [-0.2, 0) is 11.2 Å². The number of hydrogen-bond donors (Lipinski definition) is 0. The van der Waals surface area contributed by atoms with E-state index in [2.05, 4.69) is 0 Å². The van der Waals surface area contributed by atoms with Gasteiger partial charge in [0.25, 0.3) is 0 Å². The molecule has 0 heterocycles. The lowest BCUT2D eigenvalue weighted by Gasteiger charge is -2.19. The van der Waals surface area contributed by atoms with Crippen LogP contribution in [0.25, 0.3) is 0 Å². The summed E-state index contributed by atoms with van der Waals surface area (Å²) in [5.74, 6) is -0.565. The second kappa shape index (κ2) is 3.54. The molecule has 0 aromatic heterocycles. The monoisotopic (exact) mass is 208 g/mol. The molecule has 0 radical (unpaired) electrons. The molecule has 3 heteroatoms. The molecule has 0 saturated heterocycles. The minimum Gasteiger partial charge on any atom is -0.303 e. The molecule has 72 valence electrons. The molecule has 1 aliphatic carbocycles. The molecule has 1 aromatic carbocycles. The first kappa shape index (κ1) is 9.41. The smallest absolute Gasteiger partial charge is 0.173 e. The van der Waals surface area contributed by atoms with Gasteiger partial charge in [-0.2, -0.15) is 0 Å². The van der Waals surface area contributed by atoms with Gasteiger partial charge in [-0.3, -0.25) is 4.79 Å². The van der Waals surface area contributed by atoms with Crippen LogP contribution in [0.4, 0.5) is 0 Å². The van der Waals surface area contributed by atoms with E-state index in [1.165, 1.54) is 0 Å². The number of rotatable bonds is 1. The lowest BCUT2D eigenvalue weighted by Crippen LogP contribution is -2.23. The third kappa shape index (κ3) is 1.36. The Morgan fingerprint density at radius 3 is 2.93 bits per heavy atom. The summed E-state index contributed by atoms with van der Waals surface area (Å²) >= 11 is 5.96. The average Bonchev–Trinajstić information content (AvgIpc) is 2.20. The number of carbonyl (C=O) groups is 2. The fourth-order valence-electron chi connectivity index (χ4n) is 1.80. The van der Waals surface area contributed by atoms with Crippen molar-refractivity contribution in [2.45, 2.75) is 12.8 Å². The van der Waals surface area contributed by atoms with E-state index in [9.17, 15) is 9.59 Å². The number of ketones is 1. The van der Waals surface area contributed by atoms with Gasteiger partial charge in [0.05, 0.1) is 5.92 Å². The Balaban J connectivity index is 2.51. The van der Waals surface area contributed by atoms with Crippen molar-refractivity contribution in [1.29, 1.82) is 0 Å². The fourth-order valence-corrected chi connectivity index (χ4v) is 2.07. The van der Waals surface area contributed by atoms with Crippen molar-refractivity contribution < 1.29 is 9.59 Å². The maximum absolute atomic E-state index is 11.7. The van der Waals surface area contributed by atoms with Crippen molar-refractivity contribution in [2.24, 2.45) is 5.92 Å². The van der Waals surface area contributed by atoms with Gasteiger partial charge in [-0.25, -0.2) is 0 Å². The Hall–Kier alpha value is -1.15. The first-order valence-electron chi connectivity index (χ1n) is 4.51. The van der Waals surface area contributed by atoms with Crippen molar-refractivity contribution in [1.82, 2.24) is 0 Å². The van der Waals surface area contributed by atoms with Crippen molar-refractivity contribution in [2.75, 3.05) is 0 Å². The Bertz CT molecular complexity index is 398. The number of halogens is 1. The van der Waals surface area contributed by atoms with E-state index in [1.807, 2.05) is 0 Å². The van der Waals surface area contributed by atoms with E-state index in [-0.39, 0.29) is 5.78 Å². The van der Waals surface area contributed by atoms with Gasteiger partial charge < -0.3 is 4.79 Å². The van der Waals surface area contributed by atoms with Crippen molar-refractivity contribution >= 4 is 23.7 Å². The number of benzene rings is 1. The summed E-state index contributed by atoms with van der Waals surface area (Å²) in [6, 6.07) is 5.25. The molecule has 0 amide bonds. The summed E-state index contributed by atoms with van der Waals surface area (Å²) in [4.78, 5) is 22.3. The van der Waals surface area contributed by atoms with E-state index in [1.54, 1.807) is 18.2 Å². The van der Waals surface area contributed by atoms with Crippen LogP contribution >= 0.6 is 11.6 Å². The van der Waals surface area contributed by atoms with Crippen LogP contribution in [0.15, 0.2) is 18.2 Å². The van der Waals surface area contributed by atoms with Gasteiger partial charge in [-0.05, 0) is 24.5 Å². The van der Waals surface area contributed by atoms with Crippen LogP contribution in [-0.4, -0.2) is 12.1 Å². The third-order valence-corrected chi connectivity index (χ3v) is 2.94. The Morgan fingerprint density at radius 2 is 2.21 bits per heavy atom. The number of carbonyl (C=O) groups excluding carboxylic acids is 2. The summed E-state index contributed by atoms with van der Waals surface area (Å²) in [5, 5.41) is 0.625. The molecule has 1 atom stereocenters. The minimum absolute atomic E-state index is 0.0937. The average molecular weight is 209 g/mol. The third-order valence-electron chi connectivity index (χ3n) is 2.59. The maximum atomic E-state index is 11.7. The summed E-state index contributed by atoms with van der Waals surface area (Å²) in [6.07, 6.45) is 2.02. The van der Waals surface area contributed by atoms with Gasteiger partial charge in [-0.1, -0.05) is 23.7 Å². The molecule has 0 bridgehead atoms. The Kier molecular flexibility index (Phi) is 2.38. The highest BCUT2D eigenvalue weighted by Gasteiger charge is 2.27. The van der Waals surface area contributed by atoms with Crippen LogP contribution in [0.1, 0.15) is 22.3 Å². The Labute approximate surface area is 86.9 Å². The number of hydrogen-bond acceptors (Lipinski definition) is 2. The van der Waals surface area contributed by atoms with Gasteiger partial charge >= 0.3 is 0 Å². The predicted octanol–water partition coefficient (Wildman–Crippen LogP) is 2.28. The van der Waals surface area contributed by atoms with Crippen LogP contribution < -0.4 is 0 Å². The SMILES string of the molecule is O=CC1CCc2c(Cl)cccc2C1=O. The van der Waals surface area contributed by atoms with Gasteiger partial charge in [-0.15, -0.1) is 0 Å². The molecule has 0 saturated carbocycles. The molecule has 0 spiro atoms. The second-order valence-electron chi connectivity index (χ2n) is 3.41. The van der Waals surface area contributed by atoms with Crippen molar-refractivity contribution in [3.05, 3.63) is 34.3 Å². The molecular formula is C11H9ClO2. The van der Waals surface area contributed by atoms with Crippen molar-refractivity contribution in [3.8, 4) is 0 Å². The molecule has 1 unspecified atom stereocenters. The molecule has 1 aromatic rings. The molecule has 2 nitrogen and oxygen atoms in total. The van der Waals surface area contributed by atoms with E-state index >= 15 is 0 Å². The molecular weight excluding hydrogens is 200 g/mol. The summed E-state index contributed by atoms with van der Waals surface area (Å²) in [6.45, 7) is 0. The summed E-state index contributed by atoms with van der Waals surface area (Å²) < 4.78 is 0. The highest BCUT2D eigenvalue weighted by molar-refractivity contribution is 6.32. The topological polar surface area (TPSA) is 34.1 Å². The van der Waals surface area contributed by atoms with Crippen LogP contribution in [0.3, 0.4) is 0 Å². The number of fused-ring (bicyclic) bond motifs is 1. The first-order valence-corrected chi connectivity index (χ1v) is 4.88. The summed E-state index contributed by atoms with van der Waals surface area (Å²) in [7, 11) is 0. The quantitative estimate of drug-likeness (QED) is 0.524. The molecule has 14 heavy (non-hydrogen) atoms.